The number of ether oxygens (including phenoxy) is 1. The van der Waals surface area contributed by atoms with Crippen molar-refractivity contribution in [2.75, 3.05) is 4.90 Å². The normalized spacial score (nSPS) is 13.5. The van der Waals surface area contributed by atoms with Crippen LogP contribution in [0.2, 0.25) is 0 Å². The molecule has 1 aliphatic rings. The number of hydrogen-bond donors (Lipinski definition) is 0. The maximum absolute atomic E-state index is 13.0. The van der Waals surface area contributed by atoms with E-state index in [0.29, 0.717) is 34.9 Å². The predicted octanol–water partition coefficient (Wildman–Crippen LogP) is 6.52. The fourth-order valence-corrected chi connectivity index (χ4v) is 5.92. The molecule has 0 atom stereocenters. The van der Waals surface area contributed by atoms with Crippen LogP contribution >= 0.6 is 0 Å². The summed E-state index contributed by atoms with van der Waals surface area (Å²) in [5.41, 5.74) is 3.88. The number of benzene rings is 5. The molecule has 0 radical (unpaired) electrons. The first-order chi connectivity index (χ1) is 18.9. The summed E-state index contributed by atoms with van der Waals surface area (Å²) in [6.07, 6.45) is 0. The molecule has 0 bridgehead atoms. The van der Waals surface area contributed by atoms with Crippen LogP contribution in [-0.2, 0) is 16.6 Å². The summed E-state index contributed by atoms with van der Waals surface area (Å²) in [7, 11) is -3.80. The molecule has 6 nitrogen and oxygen atoms in total. The molecule has 39 heavy (non-hydrogen) atoms. The summed E-state index contributed by atoms with van der Waals surface area (Å²) < 4.78 is 35.5. The van der Waals surface area contributed by atoms with Crippen molar-refractivity contribution in [2.24, 2.45) is 4.40 Å². The second-order valence-electron chi connectivity index (χ2n) is 9.37. The zero-order valence-corrected chi connectivity index (χ0v) is 21.9. The van der Waals surface area contributed by atoms with Crippen molar-refractivity contribution in [3.8, 4) is 5.75 Å². The summed E-state index contributed by atoms with van der Waals surface area (Å²) in [4.78, 5) is 15.1. The minimum atomic E-state index is -3.80. The van der Waals surface area contributed by atoms with Crippen molar-refractivity contribution in [1.82, 2.24) is 0 Å². The van der Waals surface area contributed by atoms with Crippen molar-refractivity contribution in [1.29, 1.82) is 0 Å². The van der Waals surface area contributed by atoms with E-state index in [0.717, 1.165) is 21.9 Å². The number of nitrogens with zero attached hydrogens (tertiary/aromatic N) is 2. The minimum absolute atomic E-state index is 0.189. The molecular formula is C32H24N2O4S. The van der Waals surface area contributed by atoms with E-state index in [2.05, 4.69) is 4.40 Å². The van der Waals surface area contributed by atoms with Crippen LogP contribution in [0, 0.1) is 6.92 Å². The molecule has 192 valence electrons. The fourth-order valence-electron chi connectivity index (χ4n) is 4.71. The van der Waals surface area contributed by atoms with Gasteiger partial charge in [0.05, 0.1) is 5.56 Å². The van der Waals surface area contributed by atoms with Crippen LogP contribution in [-0.4, -0.2) is 20.2 Å². The van der Waals surface area contributed by atoms with Gasteiger partial charge in [0.2, 0.25) is 0 Å². The van der Waals surface area contributed by atoms with E-state index in [9.17, 15) is 13.2 Å². The number of amidine groups is 1. The van der Waals surface area contributed by atoms with Gasteiger partial charge >= 0.3 is 5.97 Å². The van der Waals surface area contributed by atoms with E-state index in [1.807, 2.05) is 72.5 Å². The molecule has 0 aromatic heterocycles. The third kappa shape index (κ3) is 4.80. The van der Waals surface area contributed by atoms with Gasteiger partial charge in [-0.05, 0) is 65.7 Å². The van der Waals surface area contributed by atoms with Crippen LogP contribution in [0.5, 0.6) is 5.75 Å². The monoisotopic (exact) mass is 532 g/mol. The van der Waals surface area contributed by atoms with Crippen molar-refractivity contribution in [2.45, 2.75) is 18.4 Å². The summed E-state index contributed by atoms with van der Waals surface area (Å²) in [5.74, 6) is 0.288. The number of carbonyl (C=O) groups excluding carboxylic acids is 1. The second-order valence-corrected chi connectivity index (χ2v) is 10.9. The van der Waals surface area contributed by atoms with E-state index in [1.165, 1.54) is 0 Å². The number of hydrogen-bond acceptors (Lipinski definition) is 5. The van der Waals surface area contributed by atoms with E-state index in [-0.39, 0.29) is 4.90 Å². The molecule has 7 heteroatoms. The summed E-state index contributed by atoms with van der Waals surface area (Å²) >= 11 is 0. The van der Waals surface area contributed by atoms with Gasteiger partial charge in [-0.15, -0.1) is 4.40 Å². The van der Waals surface area contributed by atoms with Crippen molar-refractivity contribution in [3.05, 3.63) is 138 Å². The predicted molar refractivity (Wildman–Crippen MR) is 153 cm³/mol. The Hall–Kier alpha value is -4.75. The van der Waals surface area contributed by atoms with Crippen LogP contribution in [0.4, 0.5) is 5.69 Å². The van der Waals surface area contributed by atoms with Gasteiger partial charge in [-0.2, -0.15) is 8.42 Å². The zero-order valence-electron chi connectivity index (χ0n) is 21.1. The Bertz CT molecular complexity index is 1840. The number of fused-ring (bicyclic) bond motifs is 2. The lowest BCUT2D eigenvalue weighted by Crippen LogP contribution is -2.30. The lowest BCUT2D eigenvalue weighted by Gasteiger charge is -2.25. The van der Waals surface area contributed by atoms with Gasteiger partial charge in [0, 0.05) is 17.8 Å². The zero-order chi connectivity index (χ0) is 27.0. The van der Waals surface area contributed by atoms with Crippen LogP contribution in [0.15, 0.2) is 125 Å². The largest absolute Gasteiger partial charge is 0.423 e. The molecule has 5 aromatic rings. The van der Waals surface area contributed by atoms with Crippen molar-refractivity contribution < 1.29 is 17.9 Å². The van der Waals surface area contributed by atoms with E-state index >= 15 is 0 Å². The molecule has 0 N–H and O–H groups in total. The van der Waals surface area contributed by atoms with Gasteiger partial charge in [-0.25, -0.2) is 4.79 Å². The highest BCUT2D eigenvalue weighted by Gasteiger charge is 2.32. The highest BCUT2D eigenvalue weighted by molar-refractivity contribution is 7.90. The fraction of sp³-hybridized carbons (Fsp3) is 0.0625. The number of carbonyl (C=O) groups is 1. The van der Waals surface area contributed by atoms with Crippen LogP contribution in [0.1, 0.15) is 27.0 Å². The Balaban J connectivity index is 1.33. The van der Waals surface area contributed by atoms with Gasteiger partial charge in [-0.3, -0.25) is 0 Å². The smallest absolute Gasteiger partial charge is 0.344 e. The first kappa shape index (κ1) is 24.6. The molecule has 0 fully saturated rings. The van der Waals surface area contributed by atoms with Crippen LogP contribution in [0.25, 0.3) is 10.8 Å². The second kappa shape index (κ2) is 9.85. The lowest BCUT2D eigenvalue weighted by molar-refractivity contribution is 0.0737. The Labute approximate surface area is 226 Å². The SMILES string of the molecule is Cc1ccc(CN(C2=NS(=O)(=O)c3ccccc32)c2ccc(OC(=O)c3cccc4ccccc34)cc2)cc1. The highest BCUT2D eigenvalue weighted by Crippen LogP contribution is 2.32. The number of aryl methyl sites for hydroxylation is 1. The summed E-state index contributed by atoms with van der Waals surface area (Å²) in [6, 6.07) is 35.1. The average Bonchev–Trinajstić information content (AvgIpc) is 3.23. The summed E-state index contributed by atoms with van der Waals surface area (Å²) in [6.45, 7) is 2.42. The van der Waals surface area contributed by atoms with Gasteiger partial charge in [0.15, 0.2) is 5.84 Å². The molecule has 1 aliphatic heterocycles. The van der Waals surface area contributed by atoms with Gasteiger partial charge < -0.3 is 9.64 Å². The maximum atomic E-state index is 13.0. The molecule has 0 unspecified atom stereocenters. The maximum Gasteiger partial charge on any atom is 0.344 e. The van der Waals surface area contributed by atoms with E-state index in [4.69, 9.17) is 4.74 Å². The Morgan fingerprint density at radius 3 is 2.28 bits per heavy atom. The van der Waals surface area contributed by atoms with E-state index in [1.54, 1.807) is 54.6 Å². The van der Waals surface area contributed by atoms with Crippen LogP contribution < -0.4 is 9.64 Å². The number of anilines is 1. The number of rotatable bonds is 5. The first-order valence-corrected chi connectivity index (χ1v) is 13.9. The Morgan fingerprint density at radius 2 is 1.49 bits per heavy atom. The molecule has 0 saturated heterocycles. The molecular weight excluding hydrogens is 508 g/mol. The molecule has 1 heterocycles. The molecule has 6 rings (SSSR count). The van der Waals surface area contributed by atoms with E-state index < -0.39 is 16.0 Å². The average molecular weight is 533 g/mol. The minimum Gasteiger partial charge on any atom is -0.423 e. The third-order valence-corrected chi connectivity index (χ3v) is 8.02. The quantitative estimate of drug-likeness (QED) is 0.190. The Morgan fingerprint density at radius 1 is 0.795 bits per heavy atom. The van der Waals surface area contributed by atoms with Crippen LogP contribution in [0.3, 0.4) is 0 Å². The van der Waals surface area contributed by atoms with Crippen molar-refractivity contribution in [3.63, 3.8) is 0 Å². The third-order valence-electron chi connectivity index (χ3n) is 6.70. The molecule has 0 saturated carbocycles. The molecule has 0 spiro atoms. The van der Waals surface area contributed by atoms with Crippen molar-refractivity contribution >= 4 is 38.3 Å². The highest BCUT2D eigenvalue weighted by atomic mass is 32.2. The summed E-state index contributed by atoms with van der Waals surface area (Å²) in [5, 5.41) is 1.78. The molecule has 5 aromatic carbocycles. The first-order valence-electron chi connectivity index (χ1n) is 12.5. The standard InChI is InChI=1S/C32H24N2O4S/c1-22-13-15-23(16-14-22)21-34(31-29-10-4-5-12-30(29)39(36,37)33-31)25-17-19-26(20-18-25)38-32(35)28-11-6-8-24-7-2-3-9-27(24)28/h2-20H,21H2,1H3. The molecule has 0 amide bonds. The van der Waals surface area contributed by atoms with Gasteiger partial charge in [0.1, 0.15) is 10.6 Å². The number of esters is 1. The van der Waals surface area contributed by atoms with Gasteiger partial charge in [-0.1, -0.05) is 78.4 Å². The lowest BCUT2D eigenvalue weighted by atomic mass is 10.0. The Kier molecular flexibility index (Phi) is 6.21. The number of sulfonamides is 1. The molecule has 0 aliphatic carbocycles. The topological polar surface area (TPSA) is 76.0 Å². The van der Waals surface area contributed by atoms with Gasteiger partial charge in [0.25, 0.3) is 10.0 Å².